The van der Waals surface area contributed by atoms with Crippen molar-refractivity contribution >= 4 is 24.0 Å². The van der Waals surface area contributed by atoms with Crippen molar-refractivity contribution < 1.29 is 39.2 Å². The van der Waals surface area contributed by atoms with Gasteiger partial charge in [0.15, 0.2) is 5.78 Å². The standard InChI is InChI=1S/C28H38O8/c1-25-10-7-21-22(28(25,35)13-9-20(25)17-2-3-18(30)14-17)8-12-27(34)15-19(6-11-26(21,27)16-29)36-24(33)5-4-23(31)32/h14,16,19-22,34-35H,2-13,15H2,1H3,(H,31,32)/t19?,20?,21-,22+,25?,26?,27?,28?/m0/s1. The van der Waals surface area contributed by atoms with Gasteiger partial charge in [-0.1, -0.05) is 12.5 Å². The molecule has 3 N–H and O–H groups in total. The Morgan fingerprint density at radius 2 is 1.78 bits per heavy atom. The van der Waals surface area contributed by atoms with Crippen LogP contribution in [0.1, 0.15) is 90.4 Å². The molecule has 6 unspecified atom stereocenters. The Labute approximate surface area is 211 Å². The molecule has 8 atom stereocenters. The highest BCUT2D eigenvalue weighted by Crippen LogP contribution is 2.70. The number of aliphatic hydroxyl groups is 2. The molecule has 0 amide bonds. The van der Waals surface area contributed by atoms with Gasteiger partial charge >= 0.3 is 11.9 Å². The van der Waals surface area contributed by atoms with Gasteiger partial charge in [-0.05, 0) is 81.6 Å². The molecule has 0 bridgehead atoms. The summed E-state index contributed by atoms with van der Waals surface area (Å²) < 4.78 is 5.51. The van der Waals surface area contributed by atoms with Crippen molar-refractivity contribution in [3.05, 3.63) is 11.6 Å². The van der Waals surface area contributed by atoms with Crippen LogP contribution in [0.25, 0.3) is 0 Å². The summed E-state index contributed by atoms with van der Waals surface area (Å²) in [4.78, 5) is 47.6. The van der Waals surface area contributed by atoms with E-state index in [1.54, 1.807) is 6.08 Å². The SMILES string of the molecule is CC12CC[C@H]3[C@@H](CCC4(O)CC(OC(=O)CCC(=O)O)CCC34C=O)C1(O)CCC2C1=CC(=O)CC1. The lowest BCUT2D eigenvalue weighted by Gasteiger charge is -2.65. The number of allylic oxidation sites excluding steroid dienone is 2. The zero-order valence-electron chi connectivity index (χ0n) is 21.0. The molecule has 5 aliphatic rings. The van der Waals surface area contributed by atoms with Gasteiger partial charge < -0.3 is 24.9 Å². The third-order valence-corrected chi connectivity index (χ3v) is 11.0. The third-order valence-electron chi connectivity index (χ3n) is 11.0. The topological polar surface area (TPSA) is 138 Å². The molecule has 0 aromatic rings. The summed E-state index contributed by atoms with van der Waals surface area (Å²) in [5.74, 6) is -1.60. The van der Waals surface area contributed by atoms with Gasteiger partial charge in [0.2, 0.25) is 0 Å². The first kappa shape index (κ1) is 25.6. The lowest BCUT2D eigenvalue weighted by molar-refractivity contribution is -0.249. The van der Waals surface area contributed by atoms with Crippen LogP contribution in [0, 0.1) is 28.6 Å². The van der Waals surface area contributed by atoms with E-state index in [1.807, 2.05) is 0 Å². The number of carbonyl (C=O) groups excluding carboxylic acids is 3. The molecular weight excluding hydrogens is 464 g/mol. The second kappa shape index (κ2) is 8.76. The molecule has 0 aromatic heterocycles. The van der Waals surface area contributed by atoms with E-state index in [4.69, 9.17) is 9.84 Å². The summed E-state index contributed by atoms with van der Waals surface area (Å²) in [6.45, 7) is 2.16. The van der Waals surface area contributed by atoms with E-state index in [1.165, 1.54) is 5.57 Å². The van der Waals surface area contributed by atoms with E-state index in [2.05, 4.69) is 6.92 Å². The Balaban J connectivity index is 1.37. The number of rotatable bonds is 6. The number of carbonyl (C=O) groups is 4. The first-order valence-electron chi connectivity index (χ1n) is 13.5. The Hall–Kier alpha value is -2.06. The number of hydrogen-bond acceptors (Lipinski definition) is 7. The summed E-state index contributed by atoms with van der Waals surface area (Å²) in [5, 5.41) is 33.0. The van der Waals surface area contributed by atoms with Crippen LogP contribution in [-0.2, 0) is 23.9 Å². The number of aldehydes is 1. The third kappa shape index (κ3) is 3.62. The summed E-state index contributed by atoms with van der Waals surface area (Å²) in [6, 6.07) is 0. The highest BCUT2D eigenvalue weighted by atomic mass is 16.5. The number of ether oxygens (including phenoxy) is 1. The molecule has 0 heterocycles. The summed E-state index contributed by atoms with van der Waals surface area (Å²) >= 11 is 0. The van der Waals surface area contributed by atoms with Gasteiger partial charge in [-0.25, -0.2) is 0 Å². The Bertz CT molecular complexity index is 1000. The summed E-state index contributed by atoms with van der Waals surface area (Å²) in [7, 11) is 0. The van der Waals surface area contributed by atoms with E-state index in [0.717, 1.165) is 32.0 Å². The average molecular weight is 503 g/mol. The number of aliphatic carboxylic acids is 1. The highest BCUT2D eigenvalue weighted by Gasteiger charge is 2.71. The first-order valence-corrected chi connectivity index (χ1v) is 13.5. The monoisotopic (exact) mass is 502 g/mol. The Kier molecular flexibility index (Phi) is 6.22. The lowest BCUT2D eigenvalue weighted by atomic mass is 9.41. The van der Waals surface area contributed by atoms with Gasteiger partial charge in [0, 0.05) is 18.3 Å². The Morgan fingerprint density at radius 3 is 2.44 bits per heavy atom. The quantitative estimate of drug-likeness (QED) is 0.372. The predicted octanol–water partition coefficient (Wildman–Crippen LogP) is 3.12. The van der Waals surface area contributed by atoms with Gasteiger partial charge in [-0.2, -0.15) is 0 Å². The number of hydrogen-bond donors (Lipinski definition) is 3. The van der Waals surface area contributed by atoms with E-state index < -0.39 is 34.7 Å². The van der Waals surface area contributed by atoms with Crippen LogP contribution in [0.5, 0.6) is 0 Å². The van der Waals surface area contributed by atoms with Gasteiger partial charge in [-0.15, -0.1) is 0 Å². The van der Waals surface area contributed by atoms with E-state index in [-0.39, 0.29) is 48.2 Å². The first-order chi connectivity index (χ1) is 17.0. The minimum absolute atomic E-state index is 0.112. The summed E-state index contributed by atoms with van der Waals surface area (Å²) in [6.07, 6.45) is 7.79. The molecule has 5 rings (SSSR count). The van der Waals surface area contributed by atoms with Crippen molar-refractivity contribution in [2.45, 2.75) is 108 Å². The maximum atomic E-state index is 12.8. The molecule has 4 saturated carbocycles. The van der Waals surface area contributed by atoms with Crippen molar-refractivity contribution in [2.24, 2.45) is 28.6 Å². The second-order valence-electron chi connectivity index (χ2n) is 12.3. The van der Waals surface area contributed by atoms with Gasteiger partial charge in [0.1, 0.15) is 12.4 Å². The van der Waals surface area contributed by atoms with Gasteiger partial charge in [0.25, 0.3) is 0 Å². The molecule has 0 aliphatic heterocycles. The fourth-order valence-electron chi connectivity index (χ4n) is 9.17. The van der Waals surface area contributed by atoms with Crippen molar-refractivity contribution in [3.8, 4) is 0 Å². The molecule has 0 aromatic carbocycles. The largest absolute Gasteiger partial charge is 0.481 e. The van der Waals surface area contributed by atoms with E-state index in [9.17, 15) is 29.4 Å². The average Bonchev–Trinajstić information content (AvgIpc) is 3.37. The molecule has 8 heteroatoms. The molecule has 198 valence electrons. The van der Waals surface area contributed by atoms with Crippen molar-refractivity contribution in [2.75, 3.05) is 0 Å². The number of ketones is 1. The fourth-order valence-corrected chi connectivity index (χ4v) is 9.17. The van der Waals surface area contributed by atoms with Crippen LogP contribution in [0.2, 0.25) is 0 Å². The minimum Gasteiger partial charge on any atom is -0.481 e. The van der Waals surface area contributed by atoms with Crippen LogP contribution >= 0.6 is 0 Å². The minimum atomic E-state index is -1.32. The zero-order chi connectivity index (χ0) is 25.9. The van der Waals surface area contributed by atoms with E-state index in [0.29, 0.717) is 38.5 Å². The van der Waals surface area contributed by atoms with Crippen LogP contribution in [0.3, 0.4) is 0 Å². The normalized spacial score (nSPS) is 45.8. The number of carboxylic acid groups (broad SMARTS) is 1. The van der Waals surface area contributed by atoms with E-state index >= 15 is 0 Å². The maximum absolute atomic E-state index is 12.8. The van der Waals surface area contributed by atoms with Crippen LogP contribution < -0.4 is 0 Å². The molecule has 5 aliphatic carbocycles. The fraction of sp³-hybridized carbons (Fsp3) is 0.786. The highest BCUT2D eigenvalue weighted by molar-refractivity contribution is 5.93. The second-order valence-corrected chi connectivity index (χ2v) is 12.3. The Morgan fingerprint density at radius 1 is 1.03 bits per heavy atom. The number of carboxylic acids is 1. The van der Waals surface area contributed by atoms with Crippen molar-refractivity contribution in [1.82, 2.24) is 0 Å². The lowest BCUT2D eigenvalue weighted by Crippen LogP contribution is -2.69. The number of fused-ring (bicyclic) bond motifs is 5. The van der Waals surface area contributed by atoms with Crippen LogP contribution in [0.15, 0.2) is 11.6 Å². The summed E-state index contributed by atoms with van der Waals surface area (Å²) in [5.41, 5.74) is -2.48. The smallest absolute Gasteiger partial charge is 0.306 e. The maximum Gasteiger partial charge on any atom is 0.306 e. The van der Waals surface area contributed by atoms with Crippen molar-refractivity contribution in [1.29, 1.82) is 0 Å². The van der Waals surface area contributed by atoms with Crippen LogP contribution in [0.4, 0.5) is 0 Å². The molecule has 8 nitrogen and oxygen atoms in total. The molecular formula is C28H38O8. The zero-order valence-corrected chi connectivity index (χ0v) is 21.0. The van der Waals surface area contributed by atoms with Crippen molar-refractivity contribution in [3.63, 3.8) is 0 Å². The molecule has 0 spiro atoms. The molecule has 36 heavy (non-hydrogen) atoms. The van der Waals surface area contributed by atoms with Crippen LogP contribution in [-0.4, -0.2) is 56.6 Å². The molecule has 0 radical (unpaired) electrons. The predicted molar refractivity (Wildman–Crippen MR) is 128 cm³/mol. The van der Waals surface area contributed by atoms with Gasteiger partial charge in [0.05, 0.1) is 29.5 Å². The van der Waals surface area contributed by atoms with Gasteiger partial charge in [-0.3, -0.25) is 14.4 Å². The molecule has 0 saturated heterocycles. The molecule has 4 fully saturated rings. The number of esters is 1.